The number of unbranched alkanes of at least 4 members (excludes halogenated alkanes) is 1. The Morgan fingerprint density at radius 1 is 1.00 bits per heavy atom. The van der Waals surface area contributed by atoms with E-state index in [1.807, 2.05) is 0 Å². The van der Waals surface area contributed by atoms with Gasteiger partial charge < -0.3 is 5.32 Å². The van der Waals surface area contributed by atoms with Crippen molar-refractivity contribution in [2.75, 3.05) is 6.54 Å². The van der Waals surface area contributed by atoms with Crippen molar-refractivity contribution in [3.05, 3.63) is 0 Å². The van der Waals surface area contributed by atoms with Crippen LogP contribution < -0.4 is 5.32 Å². The van der Waals surface area contributed by atoms with Crippen molar-refractivity contribution in [1.82, 2.24) is 5.32 Å². The van der Waals surface area contributed by atoms with E-state index in [1.54, 1.807) is 0 Å². The van der Waals surface area contributed by atoms with Gasteiger partial charge in [0.2, 0.25) is 0 Å². The van der Waals surface area contributed by atoms with Gasteiger partial charge in [0.05, 0.1) is 0 Å². The molecule has 0 heterocycles. The summed E-state index contributed by atoms with van der Waals surface area (Å²) in [6.07, 6.45) is 3.80. The molecule has 1 nitrogen and oxygen atoms in total. The van der Waals surface area contributed by atoms with Gasteiger partial charge in [-0.15, -0.1) is 0 Å². The fourth-order valence-corrected chi connectivity index (χ4v) is 2.51. The molecule has 0 aliphatic heterocycles. The summed E-state index contributed by atoms with van der Waals surface area (Å²) in [6.45, 7) is 15.1. The van der Waals surface area contributed by atoms with Crippen molar-refractivity contribution in [2.24, 2.45) is 11.8 Å². The predicted octanol–water partition coefficient (Wildman–Crippen LogP) is 3.84. The molecule has 0 aliphatic carbocycles. The molecule has 0 saturated carbocycles. The average Bonchev–Trinajstić information content (AvgIpc) is 2.11. The Bertz CT molecular complexity index is 130. The Balaban J connectivity index is 4.35. The summed E-state index contributed by atoms with van der Waals surface area (Å²) in [5.74, 6) is 1.42. The van der Waals surface area contributed by atoms with Gasteiger partial charge >= 0.3 is 0 Å². The van der Waals surface area contributed by atoms with Gasteiger partial charge in [-0.1, -0.05) is 48.0 Å². The quantitative estimate of drug-likeness (QED) is 0.614. The van der Waals surface area contributed by atoms with Crippen LogP contribution in [0.4, 0.5) is 0 Å². The summed E-state index contributed by atoms with van der Waals surface area (Å²) in [5.41, 5.74) is 0.342. The molecule has 0 aromatic heterocycles. The minimum absolute atomic E-state index is 0.342. The first kappa shape index (κ1) is 14.0. The molecule has 14 heavy (non-hydrogen) atoms. The van der Waals surface area contributed by atoms with Crippen LogP contribution in [-0.4, -0.2) is 12.1 Å². The Morgan fingerprint density at radius 3 is 1.79 bits per heavy atom. The molecule has 0 amide bonds. The number of rotatable bonds is 7. The molecule has 0 rings (SSSR count). The summed E-state index contributed by atoms with van der Waals surface area (Å²) in [5, 5.41) is 3.78. The van der Waals surface area contributed by atoms with Gasteiger partial charge in [-0.3, -0.25) is 0 Å². The van der Waals surface area contributed by atoms with Crippen LogP contribution in [0, 0.1) is 11.8 Å². The van der Waals surface area contributed by atoms with E-state index in [9.17, 15) is 0 Å². The molecule has 0 unspecified atom stereocenters. The topological polar surface area (TPSA) is 12.0 Å². The maximum absolute atomic E-state index is 3.78. The first-order chi connectivity index (χ1) is 6.51. The second-order valence-corrected chi connectivity index (χ2v) is 4.98. The molecule has 0 saturated heterocycles. The van der Waals surface area contributed by atoms with Gasteiger partial charge in [0.15, 0.2) is 0 Å². The van der Waals surface area contributed by atoms with E-state index in [1.165, 1.54) is 25.8 Å². The van der Waals surface area contributed by atoms with Gasteiger partial charge in [0.1, 0.15) is 0 Å². The smallest absolute Gasteiger partial charge is 0.0224 e. The van der Waals surface area contributed by atoms with E-state index in [0.29, 0.717) is 17.4 Å². The second kappa shape index (κ2) is 6.44. The summed E-state index contributed by atoms with van der Waals surface area (Å²) in [4.78, 5) is 0. The maximum Gasteiger partial charge on any atom is 0.0224 e. The minimum atomic E-state index is 0.342. The molecule has 0 aromatic rings. The molecule has 86 valence electrons. The molecule has 0 bridgehead atoms. The highest BCUT2D eigenvalue weighted by Gasteiger charge is 2.34. The van der Waals surface area contributed by atoms with Crippen LogP contribution >= 0.6 is 0 Å². The normalized spacial score (nSPS) is 12.9. The summed E-state index contributed by atoms with van der Waals surface area (Å²) >= 11 is 0. The first-order valence-corrected chi connectivity index (χ1v) is 6.26. The predicted molar refractivity (Wildman–Crippen MR) is 65.6 cm³/mol. The Morgan fingerprint density at radius 2 is 1.50 bits per heavy atom. The van der Waals surface area contributed by atoms with Gasteiger partial charge in [0.25, 0.3) is 0 Å². The maximum atomic E-state index is 3.78. The summed E-state index contributed by atoms with van der Waals surface area (Å²) < 4.78 is 0. The van der Waals surface area contributed by atoms with Crippen molar-refractivity contribution < 1.29 is 0 Å². The zero-order chi connectivity index (χ0) is 11.2. The highest BCUT2D eigenvalue weighted by atomic mass is 15.0. The highest BCUT2D eigenvalue weighted by Crippen LogP contribution is 2.29. The molecule has 0 spiro atoms. The van der Waals surface area contributed by atoms with E-state index in [2.05, 4.69) is 46.9 Å². The SMILES string of the molecule is CCCCNC(CC)(C(C)C)C(C)C. The standard InChI is InChI=1S/C13H29N/c1-7-9-10-14-13(8-2,11(3)4)12(5)6/h11-12,14H,7-10H2,1-6H3. The van der Waals surface area contributed by atoms with Crippen molar-refractivity contribution >= 4 is 0 Å². The number of nitrogens with one attached hydrogen (secondary N) is 1. The van der Waals surface area contributed by atoms with Crippen LogP contribution in [0.5, 0.6) is 0 Å². The van der Waals surface area contributed by atoms with Gasteiger partial charge in [0, 0.05) is 5.54 Å². The summed E-state index contributed by atoms with van der Waals surface area (Å²) in [6, 6.07) is 0. The van der Waals surface area contributed by atoms with Crippen molar-refractivity contribution in [3.63, 3.8) is 0 Å². The van der Waals surface area contributed by atoms with Crippen LogP contribution in [0.1, 0.15) is 60.8 Å². The van der Waals surface area contributed by atoms with E-state index < -0.39 is 0 Å². The Labute approximate surface area is 90.7 Å². The van der Waals surface area contributed by atoms with E-state index in [4.69, 9.17) is 0 Å². The third-order valence-electron chi connectivity index (χ3n) is 3.63. The van der Waals surface area contributed by atoms with Crippen LogP contribution in [-0.2, 0) is 0 Å². The second-order valence-electron chi connectivity index (χ2n) is 4.98. The lowest BCUT2D eigenvalue weighted by molar-refractivity contribution is 0.156. The molecule has 1 heteroatoms. The van der Waals surface area contributed by atoms with Crippen molar-refractivity contribution in [1.29, 1.82) is 0 Å². The molecule has 0 radical (unpaired) electrons. The van der Waals surface area contributed by atoms with Crippen LogP contribution in [0.15, 0.2) is 0 Å². The zero-order valence-electron chi connectivity index (χ0n) is 11.0. The molecular formula is C13H29N. The third-order valence-corrected chi connectivity index (χ3v) is 3.63. The van der Waals surface area contributed by atoms with Gasteiger partial charge in [-0.05, 0) is 31.2 Å². The van der Waals surface area contributed by atoms with Crippen molar-refractivity contribution in [3.8, 4) is 0 Å². The lowest BCUT2D eigenvalue weighted by atomic mass is 9.75. The van der Waals surface area contributed by atoms with Crippen LogP contribution in [0.2, 0.25) is 0 Å². The first-order valence-electron chi connectivity index (χ1n) is 6.26. The van der Waals surface area contributed by atoms with Gasteiger partial charge in [-0.25, -0.2) is 0 Å². The largest absolute Gasteiger partial charge is 0.311 e. The Kier molecular flexibility index (Phi) is 6.43. The zero-order valence-corrected chi connectivity index (χ0v) is 11.0. The average molecular weight is 199 g/mol. The van der Waals surface area contributed by atoms with Crippen LogP contribution in [0.25, 0.3) is 0 Å². The Hall–Kier alpha value is -0.0400. The lowest BCUT2D eigenvalue weighted by Gasteiger charge is -2.42. The molecule has 0 aromatic carbocycles. The third kappa shape index (κ3) is 3.27. The molecule has 0 atom stereocenters. The highest BCUT2D eigenvalue weighted by molar-refractivity contribution is 4.92. The molecule has 0 aliphatic rings. The minimum Gasteiger partial charge on any atom is -0.311 e. The molecule has 0 fully saturated rings. The van der Waals surface area contributed by atoms with E-state index in [-0.39, 0.29) is 0 Å². The van der Waals surface area contributed by atoms with Crippen molar-refractivity contribution in [2.45, 2.75) is 66.3 Å². The molecular weight excluding hydrogens is 170 g/mol. The van der Waals surface area contributed by atoms with Crippen LogP contribution in [0.3, 0.4) is 0 Å². The number of hydrogen-bond donors (Lipinski definition) is 1. The monoisotopic (exact) mass is 199 g/mol. The lowest BCUT2D eigenvalue weighted by Crippen LogP contribution is -2.53. The molecule has 1 N–H and O–H groups in total. The van der Waals surface area contributed by atoms with E-state index >= 15 is 0 Å². The van der Waals surface area contributed by atoms with E-state index in [0.717, 1.165) is 0 Å². The fraction of sp³-hybridized carbons (Fsp3) is 1.00. The van der Waals surface area contributed by atoms with Gasteiger partial charge in [-0.2, -0.15) is 0 Å². The summed E-state index contributed by atoms with van der Waals surface area (Å²) in [7, 11) is 0. The fourth-order valence-electron chi connectivity index (χ4n) is 2.51. The number of hydrogen-bond acceptors (Lipinski definition) is 1.